The summed E-state index contributed by atoms with van der Waals surface area (Å²) in [7, 11) is 1.35. The van der Waals surface area contributed by atoms with Gasteiger partial charge < -0.3 is 10.5 Å². The molecule has 1 aromatic carbocycles. The predicted molar refractivity (Wildman–Crippen MR) is 80.8 cm³/mol. The largest absolute Gasteiger partial charge is 0.467 e. The number of nitrogens with zero attached hydrogens (tertiary/aromatic N) is 2. The molecule has 1 atom stereocenters. The number of benzene rings is 1. The van der Waals surface area contributed by atoms with Gasteiger partial charge in [0, 0.05) is 5.75 Å². The highest BCUT2D eigenvalue weighted by Crippen LogP contribution is 2.27. The first-order valence-corrected chi connectivity index (χ1v) is 7.49. The van der Waals surface area contributed by atoms with Crippen LogP contribution in [0.5, 0.6) is 0 Å². The number of nitrogens with two attached hydrogens (primary N) is 1. The zero-order valence-corrected chi connectivity index (χ0v) is 12.8. The third-order valence-electron chi connectivity index (χ3n) is 3.14. The van der Waals surface area contributed by atoms with Crippen molar-refractivity contribution in [3.63, 3.8) is 0 Å². The fourth-order valence-electron chi connectivity index (χ4n) is 1.97. The number of aryl methyl sites for hydroxylation is 1. The Morgan fingerprint density at radius 1 is 1.43 bits per heavy atom. The third-order valence-corrected chi connectivity index (χ3v) is 3.99. The van der Waals surface area contributed by atoms with E-state index in [1.54, 1.807) is 0 Å². The van der Waals surface area contributed by atoms with Crippen LogP contribution in [0, 0.1) is 6.92 Å². The zero-order valence-electron chi connectivity index (χ0n) is 12.0. The molecule has 7 heteroatoms. The first-order valence-electron chi connectivity index (χ1n) is 6.51. The van der Waals surface area contributed by atoms with Crippen LogP contribution in [-0.4, -0.2) is 34.0 Å². The van der Waals surface area contributed by atoms with Gasteiger partial charge in [0.05, 0.1) is 7.11 Å². The number of aromatic nitrogens is 3. The number of ether oxygens (including phenoxy) is 1. The van der Waals surface area contributed by atoms with Gasteiger partial charge in [-0.2, -0.15) is 0 Å². The highest BCUT2D eigenvalue weighted by molar-refractivity contribution is 7.99. The van der Waals surface area contributed by atoms with Crippen LogP contribution in [0.15, 0.2) is 35.5 Å². The fourth-order valence-corrected chi connectivity index (χ4v) is 2.89. The Morgan fingerprint density at radius 2 is 2.14 bits per heavy atom. The quantitative estimate of drug-likeness (QED) is 0.622. The van der Waals surface area contributed by atoms with Crippen molar-refractivity contribution >= 4 is 17.7 Å². The molecule has 2 aromatic rings. The van der Waals surface area contributed by atoms with Crippen molar-refractivity contribution < 1.29 is 9.53 Å². The molecule has 0 bridgehead atoms. The van der Waals surface area contributed by atoms with E-state index in [4.69, 9.17) is 10.5 Å². The first-order chi connectivity index (χ1) is 10.1. The lowest BCUT2D eigenvalue weighted by atomic mass is 9.88. The maximum absolute atomic E-state index is 12.1. The van der Waals surface area contributed by atoms with Crippen molar-refractivity contribution in [3.05, 3.63) is 41.7 Å². The molecular formula is C14H18N4O2S. The summed E-state index contributed by atoms with van der Waals surface area (Å²) in [6.07, 6.45) is 0.432. The van der Waals surface area contributed by atoms with Gasteiger partial charge >= 0.3 is 5.97 Å². The number of carbonyl (C=O) groups excluding carboxylic acids is 1. The normalized spacial score (nSPS) is 13.7. The zero-order chi connectivity index (χ0) is 15.3. The molecule has 6 nitrogen and oxygen atoms in total. The lowest BCUT2D eigenvalue weighted by molar-refractivity contribution is -0.147. The van der Waals surface area contributed by atoms with Crippen LogP contribution >= 0.6 is 11.8 Å². The number of hydrogen-bond donors (Lipinski definition) is 2. The summed E-state index contributed by atoms with van der Waals surface area (Å²) in [5, 5.41) is 7.47. The van der Waals surface area contributed by atoms with E-state index in [2.05, 4.69) is 15.2 Å². The minimum absolute atomic E-state index is 0.432. The van der Waals surface area contributed by atoms with Crippen LogP contribution in [0.3, 0.4) is 0 Å². The van der Waals surface area contributed by atoms with E-state index in [0.29, 0.717) is 17.3 Å². The SMILES string of the molecule is COC(=O)C(N)(CCSc1n[nH]c(C)n1)c1ccccc1. The highest BCUT2D eigenvalue weighted by atomic mass is 32.2. The van der Waals surface area contributed by atoms with Crippen molar-refractivity contribution in [2.24, 2.45) is 5.73 Å². The average molecular weight is 306 g/mol. The van der Waals surface area contributed by atoms with Crippen LogP contribution in [0.25, 0.3) is 0 Å². The second-order valence-corrected chi connectivity index (χ2v) is 5.69. The van der Waals surface area contributed by atoms with Gasteiger partial charge in [-0.25, -0.2) is 9.78 Å². The summed E-state index contributed by atoms with van der Waals surface area (Å²) in [6, 6.07) is 9.25. The topological polar surface area (TPSA) is 93.9 Å². The second-order valence-electron chi connectivity index (χ2n) is 4.63. The van der Waals surface area contributed by atoms with Crippen LogP contribution in [0.2, 0.25) is 0 Å². The molecule has 0 fully saturated rings. The molecule has 0 spiro atoms. The van der Waals surface area contributed by atoms with Gasteiger partial charge in [-0.15, -0.1) is 5.10 Å². The molecule has 1 heterocycles. The molecule has 112 valence electrons. The van der Waals surface area contributed by atoms with Gasteiger partial charge in [-0.3, -0.25) is 5.10 Å². The Balaban J connectivity index is 2.08. The van der Waals surface area contributed by atoms with E-state index >= 15 is 0 Å². The number of methoxy groups -OCH3 is 1. The molecule has 0 amide bonds. The Morgan fingerprint density at radius 3 is 2.71 bits per heavy atom. The van der Waals surface area contributed by atoms with Gasteiger partial charge in [0.15, 0.2) is 0 Å². The number of aromatic amines is 1. The van der Waals surface area contributed by atoms with Crippen molar-refractivity contribution in [1.82, 2.24) is 15.2 Å². The van der Waals surface area contributed by atoms with E-state index < -0.39 is 11.5 Å². The molecule has 1 aromatic heterocycles. The molecule has 0 aliphatic heterocycles. The summed E-state index contributed by atoms with van der Waals surface area (Å²) in [5.74, 6) is 0.922. The van der Waals surface area contributed by atoms with E-state index in [1.165, 1.54) is 18.9 Å². The summed E-state index contributed by atoms with van der Waals surface area (Å²) in [6.45, 7) is 1.84. The molecule has 0 saturated heterocycles. The van der Waals surface area contributed by atoms with E-state index in [9.17, 15) is 4.79 Å². The lowest BCUT2D eigenvalue weighted by Gasteiger charge is -2.26. The second kappa shape index (κ2) is 6.73. The van der Waals surface area contributed by atoms with Crippen molar-refractivity contribution in [1.29, 1.82) is 0 Å². The third kappa shape index (κ3) is 3.62. The monoisotopic (exact) mass is 306 g/mol. The minimum atomic E-state index is -1.16. The molecule has 0 aliphatic rings. The highest BCUT2D eigenvalue weighted by Gasteiger charge is 2.36. The number of thioether (sulfide) groups is 1. The molecule has 0 aliphatic carbocycles. The van der Waals surface area contributed by atoms with Gasteiger partial charge in [0.25, 0.3) is 0 Å². The maximum Gasteiger partial charge on any atom is 0.330 e. The van der Waals surface area contributed by atoms with Crippen molar-refractivity contribution in [2.75, 3.05) is 12.9 Å². The molecule has 2 rings (SSSR count). The summed E-state index contributed by atoms with van der Waals surface area (Å²) in [4.78, 5) is 16.3. The average Bonchev–Trinajstić information content (AvgIpc) is 2.92. The fraction of sp³-hybridized carbons (Fsp3) is 0.357. The number of nitrogens with one attached hydrogen (secondary N) is 1. The van der Waals surface area contributed by atoms with Gasteiger partial charge in [0.2, 0.25) is 5.16 Å². The van der Waals surface area contributed by atoms with Crippen molar-refractivity contribution in [2.45, 2.75) is 24.0 Å². The molecule has 0 saturated carbocycles. The molecule has 1 unspecified atom stereocenters. The first kappa shape index (κ1) is 15.5. The summed E-state index contributed by atoms with van der Waals surface area (Å²) >= 11 is 1.45. The smallest absolute Gasteiger partial charge is 0.330 e. The van der Waals surface area contributed by atoms with Crippen molar-refractivity contribution in [3.8, 4) is 0 Å². The Bertz CT molecular complexity index is 602. The van der Waals surface area contributed by atoms with E-state index in [0.717, 1.165) is 11.4 Å². The van der Waals surface area contributed by atoms with Crippen LogP contribution in [-0.2, 0) is 15.1 Å². The van der Waals surface area contributed by atoms with Gasteiger partial charge in [-0.1, -0.05) is 42.1 Å². The Kier molecular flexibility index (Phi) is 4.98. The van der Waals surface area contributed by atoms with Crippen LogP contribution < -0.4 is 5.73 Å². The molecule has 0 radical (unpaired) electrons. The van der Waals surface area contributed by atoms with Crippen LogP contribution in [0.1, 0.15) is 17.8 Å². The van der Waals surface area contributed by atoms with Gasteiger partial charge in [0.1, 0.15) is 11.4 Å². The number of esters is 1. The number of carbonyl (C=O) groups is 1. The lowest BCUT2D eigenvalue weighted by Crippen LogP contribution is -2.46. The van der Waals surface area contributed by atoms with E-state index in [-0.39, 0.29) is 0 Å². The molecule has 21 heavy (non-hydrogen) atoms. The predicted octanol–water partition coefficient (Wildman–Crippen LogP) is 1.62. The Hall–Kier alpha value is -1.86. The van der Waals surface area contributed by atoms with Crippen LogP contribution in [0.4, 0.5) is 0 Å². The number of hydrogen-bond acceptors (Lipinski definition) is 6. The number of H-pyrrole nitrogens is 1. The van der Waals surface area contributed by atoms with E-state index in [1.807, 2.05) is 37.3 Å². The number of rotatable bonds is 6. The standard InChI is InChI=1S/C14H18N4O2S/c1-10-16-13(18-17-10)21-9-8-14(15,12(19)20-2)11-6-4-3-5-7-11/h3-7H,8-9,15H2,1-2H3,(H,16,17,18). The maximum atomic E-state index is 12.1. The molecule has 3 N–H and O–H groups in total. The minimum Gasteiger partial charge on any atom is -0.467 e. The van der Waals surface area contributed by atoms with Gasteiger partial charge in [-0.05, 0) is 18.9 Å². The summed E-state index contributed by atoms with van der Waals surface area (Å²) in [5.41, 5.74) is 5.89. The Labute approximate surface area is 127 Å². The summed E-state index contributed by atoms with van der Waals surface area (Å²) < 4.78 is 4.87. The molecular weight excluding hydrogens is 288 g/mol.